The molecule has 5 N–H and O–H groups in total. The second-order valence-electron chi connectivity index (χ2n) is 10.9. The molecule has 2 aliphatic rings. The molecule has 2 heterocycles. The van der Waals surface area contributed by atoms with Gasteiger partial charge in [-0.3, -0.25) is 9.78 Å². The molecular formula is C28H34N4O4S. The van der Waals surface area contributed by atoms with Gasteiger partial charge in [-0.1, -0.05) is 26.0 Å². The van der Waals surface area contributed by atoms with Gasteiger partial charge in [-0.05, 0) is 54.4 Å². The minimum absolute atomic E-state index is 0.00792. The summed E-state index contributed by atoms with van der Waals surface area (Å²) in [6.07, 6.45) is 5.13. The van der Waals surface area contributed by atoms with Crippen molar-refractivity contribution < 1.29 is 20.1 Å². The molecule has 9 heteroatoms. The molecule has 0 aliphatic heterocycles. The molecule has 37 heavy (non-hydrogen) atoms. The molecular weight excluding hydrogens is 488 g/mol. The van der Waals surface area contributed by atoms with Crippen molar-refractivity contribution in [2.75, 3.05) is 11.9 Å². The van der Waals surface area contributed by atoms with Gasteiger partial charge in [0.05, 0.1) is 18.4 Å². The molecule has 0 bridgehead atoms. The molecule has 196 valence electrons. The molecule has 8 nitrogen and oxygen atoms in total. The predicted octanol–water partition coefficient (Wildman–Crippen LogP) is 4.11. The first-order valence-corrected chi connectivity index (χ1v) is 13.5. The van der Waals surface area contributed by atoms with Crippen LogP contribution < -0.4 is 10.6 Å². The Bertz CT molecular complexity index is 1270. The van der Waals surface area contributed by atoms with E-state index in [0.29, 0.717) is 24.5 Å². The average molecular weight is 523 g/mol. The second-order valence-corrected chi connectivity index (χ2v) is 12.0. The van der Waals surface area contributed by atoms with Gasteiger partial charge in [0.15, 0.2) is 5.13 Å². The Morgan fingerprint density at radius 3 is 2.81 bits per heavy atom. The number of rotatable bonds is 7. The fourth-order valence-corrected chi connectivity index (χ4v) is 7.46. The average Bonchev–Trinajstić information content (AvgIpc) is 3.29. The number of nitrogens with zero attached hydrogens (tertiary/aromatic N) is 2. The lowest BCUT2D eigenvalue weighted by atomic mass is 9.47. The normalized spacial score (nSPS) is 28.7. The van der Waals surface area contributed by atoms with Crippen molar-refractivity contribution in [2.45, 2.75) is 58.1 Å². The van der Waals surface area contributed by atoms with Crippen LogP contribution in [-0.4, -0.2) is 43.9 Å². The van der Waals surface area contributed by atoms with E-state index in [2.05, 4.69) is 22.5 Å². The number of fused-ring (bicyclic) bond motifs is 2. The second kappa shape index (κ2) is 10.0. The van der Waals surface area contributed by atoms with Gasteiger partial charge in [-0.15, -0.1) is 11.3 Å². The number of phenols is 1. The van der Waals surface area contributed by atoms with Gasteiger partial charge in [0.25, 0.3) is 0 Å². The summed E-state index contributed by atoms with van der Waals surface area (Å²) in [6, 6.07) is 10.7. The summed E-state index contributed by atoms with van der Waals surface area (Å²) in [7, 11) is 0. The lowest BCUT2D eigenvalue weighted by molar-refractivity contribution is -0.144. The zero-order valence-electron chi connectivity index (χ0n) is 21.1. The van der Waals surface area contributed by atoms with Crippen LogP contribution in [0.4, 0.5) is 10.8 Å². The van der Waals surface area contributed by atoms with Crippen LogP contribution in [0, 0.1) is 16.7 Å². The summed E-state index contributed by atoms with van der Waals surface area (Å²) in [4.78, 5) is 23.4. The number of aliphatic hydroxyl groups excluding tert-OH is 2. The molecule has 5 rings (SSSR count). The van der Waals surface area contributed by atoms with Gasteiger partial charge in [0.2, 0.25) is 5.91 Å². The lowest BCUT2D eigenvalue weighted by Crippen LogP contribution is -2.57. The molecule has 1 aromatic carbocycles. The minimum atomic E-state index is -0.669. The van der Waals surface area contributed by atoms with Crippen molar-refractivity contribution in [3.05, 3.63) is 64.9 Å². The number of aromatic hydroxyl groups is 1. The lowest BCUT2D eigenvalue weighted by Gasteiger charge is -2.58. The summed E-state index contributed by atoms with van der Waals surface area (Å²) < 4.78 is 0. The molecule has 2 aromatic heterocycles. The van der Waals surface area contributed by atoms with E-state index in [0.717, 1.165) is 28.2 Å². The number of nitrogens with one attached hydrogen (secondary N) is 2. The molecule has 3 aromatic rings. The van der Waals surface area contributed by atoms with Crippen molar-refractivity contribution in [1.29, 1.82) is 0 Å². The van der Waals surface area contributed by atoms with E-state index in [4.69, 9.17) is 4.98 Å². The van der Waals surface area contributed by atoms with E-state index < -0.39 is 11.5 Å². The van der Waals surface area contributed by atoms with Crippen LogP contribution in [0.1, 0.15) is 55.2 Å². The fourth-order valence-electron chi connectivity index (χ4n) is 6.37. The number of hydrogen-bond donors (Lipinski definition) is 5. The zero-order valence-corrected chi connectivity index (χ0v) is 22.0. The van der Waals surface area contributed by atoms with Gasteiger partial charge in [-0.2, -0.15) is 0 Å². The zero-order chi connectivity index (χ0) is 26.2. The number of anilines is 2. The Kier molecular flexibility index (Phi) is 6.95. The van der Waals surface area contributed by atoms with Crippen molar-refractivity contribution >= 4 is 28.1 Å². The first-order chi connectivity index (χ1) is 17.7. The molecule has 5 atom stereocenters. The number of thiazole rings is 1. The number of aliphatic hydroxyl groups is 2. The Morgan fingerprint density at radius 1 is 1.24 bits per heavy atom. The number of hydrogen-bond acceptors (Lipinski definition) is 8. The minimum Gasteiger partial charge on any atom is -0.508 e. The Morgan fingerprint density at radius 2 is 2.08 bits per heavy atom. The molecule has 1 saturated carbocycles. The SMILES string of the molecule is CC1(CO)C(O)CCC2(C)C(CC(=O)NCc3cccnc3)c3nc(Nc4cccc(O)c4)sc3CC12. The van der Waals surface area contributed by atoms with Crippen molar-refractivity contribution in [3.63, 3.8) is 0 Å². The highest BCUT2D eigenvalue weighted by atomic mass is 32.1. The maximum Gasteiger partial charge on any atom is 0.220 e. The van der Waals surface area contributed by atoms with E-state index in [9.17, 15) is 20.1 Å². The van der Waals surface area contributed by atoms with Crippen LogP contribution in [0.3, 0.4) is 0 Å². The van der Waals surface area contributed by atoms with Gasteiger partial charge in [0, 0.05) is 53.3 Å². The maximum absolute atomic E-state index is 13.2. The number of carbonyl (C=O) groups is 1. The molecule has 0 saturated heterocycles. The third-order valence-corrected chi connectivity index (χ3v) is 9.60. The first kappa shape index (κ1) is 25.6. The molecule has 5 unspecified atom stereocenters. The van der Waals surface area contributed by atoms with E-state index in [1.807, 2.05) is 25.1 Å². The molecule has 0 radical (unpaired) electrons. The number of amides is 1. The van der Waals surface area contributed by atoms with Crippen LogP contribution >= 0.6 is 11.3 Å². The number of aromatic nitrogens is 2. The van der Waals surface area contributed by atoms with Gasteiger partial charge in [0.1, 0.15) is 5.75 Å². The summed E-state index contributed by atoms with van der Waals surface area (Å²) in [6.45, 7) is 4.45. The fraction of sp³-hybridized carbons (Fsp3) is 0.464. The smallest absolute Gasteiger partial charge is 0.220 e. The Balaban J connectivity index is 1.47. The summed E-state index contributed by atoms with van der Waals surface area (Å²) >= 11 is 1.54. The quantitative estimate of drug-likeness (QED) is 0.316. The monoisotopic (exact) mass is 522 g/mol. The number of carbonyl (C=O) groups excluding carboxylic acids is 1. The Labute approximate surface area is 220 Å². The maximum atomic E-state index is 13.2. The van der Waals surface area contributed by atoms with Crippen molar-refractivity contribution in [1.82, 2.24) is 15.3 Å². The molecule has 1 amide bonds. The largest absolute Gasteiger partial charge is 0.508 e. The van der Waals surface area contributed by atoms with E-state index in [-0.39, 0.29) is 41.9 Å². The van der Waals surface area contributed by atoms with E-state index in [1.54, 1.807) is 30.6 Å². The first-order valence-electron chi connectivity index (χ1n) is 12.7. The van der Waals surface area contributed by atoms with Gasteiger partial charge >= 0.3 is 0 Å². The standard InChI is InChI=1S/C28H34N4O4S/c1-27-9-8-23(35)28(2,16-33)22(27)13-21-25(32-26(37-21)31-18-6-3-7-19(34)11-18)20(27)12-24(36)30-15-17-5-4-10-29-14-17/h3-7,10-11,14,20,22-23,33-35H,8-9,12-13,15-16H2,1-2H3,(H,30,36)(H,31,32). The predicted molar refractivity (Wildman–Crippen MR) is 143 cm³/mol. The number of benzene rings is 1. The summed E-state index contributed by atoms with van der Waals surface area (Å²) in [5.41, 5.74) is 1.60. The third kappa shape index (κ3) is 4.83. The van der Waals surface area contributed by atoms with E-state index in [1.165, 1.54) is 11.3 Å². The van der Waals surface area contributed by atoms with Gasteiger partial charge in [-0.25, -0.2) is 4.98 Å². The van der Waals surface area contributed by atoms with Crippen molar-refractivity contribution in [2.24, 2.45) is 16.7 Å². The Hall–Kier alpha value is -3.01. The molecule has 1 fully saturated rings. The van der Waals surface area contributed by atoms with Crippen LogP contribution in [-0.2, 0) is 17.8 Å². The highest BCUT2D eigenvalue weighted by Gasteiger charge is 2.59. The molecule has 2 aliphatic carbocycles. The van der Waals surface area contributed by atoms with Crippen LogP contribution in [0.25, 0.3) is 0 Å². The summed E-state index contributed by atoms with van der Waals surface area (Å²) in [5, 5.41) is 38.3. The highest BCUT2D eigenvalue weighted by molar-refractivity contribution is 7.15. The van der Waals surface area contributed by atoms with Crippen LogP contribution in [0.5, 0.6) is 5.75 Å². The molecule has 0 spiro atoms. The topological polar surface area (TPSA) is 128 Å². The highest BCUT2D eigenvalue weighted by Crippen LogP contribution is 2.62. The number of pyridine rings is 1. The third-order valence-electron chi connectivity index (χ3n) is 8.59. The van der Waals surface area contributed by atoms with Gasteiger partial charge < -0.3 is 26.0 Å². The van der Waals surface area contributed by atoms with Crippen molar-refractivity contribution in [3.8, 4) is 5.75 Å². The van der Waals surface area contributed by atoms with E-state index >= 15 is 0 Å². The summed E-state index contributed by atoms with van der Waals surface area (Å²) in [5.74, 6) is -0.0642. The number of phenolic OH excluding ortho intramolecular Hbond substituents is 1. The van der Waals surface area contributed by atoms with Crippen LogP contribution in [0.15, 0.2) is 48.8 Å². The van der Waals surface area contributed by atoms with Crippen LogP contribution in [0.2, 0.25) is 0 Å².